The largest absolute Gasteiger partial charge is 0.481 e. The summed E-state index contributed by atoms with van der Waals surface area (Å²) in [6.07, 6.45) is 0.249. The SMILES string of the molecule is NC(N)=NCCCC(NC(=O)C(CC(=O)O)NC(=O)C1CCCN1C(=O)C(N)CS)C(=O)O. The third kappa shape index (κ3) is 9.13. The number of carboxylic acids is 2. The minimum Gasteiger partial charge on any atom is -0.481 e. The van der Waals surface area contributed by atoms with Gasteiger partial charge in [0.15, 0.2) is 5.96 Å². The van der Waals surface area contributed by atoms with E-state index in [9.17, 15) is 29.1 Å². The Hall–Kier alpha value is -3.07. The van der Waals surface area contributed by atoms with E-state index in [1.165, 1.54) is 4.90 Å². The van der Waals surface area contributed by atoms with Crippen LogP contribution < -0.4 is 27.8 Å². The number of nitrogens with zero attached hydrogens (tertiary/aromatic N) is 2. The van der Waals surface area contributed by atoms with Gasteiger partial charge in [-0.25, -0.2) is 4.79 Å². The minimum absolute atomic E-state index is 0.0297. The van der Waals surface area contributed by atoms with Gasteiger partial charge in [-0.05, 0) is 25.7 Å². The van der Waals surface area contributed by atoms with Crippen LogP contribution in [0.25, 0.3) is 0 Å². The zero-order valence-corrected chi connectivity index (χ0v) is 18.9. The molecule has 1 heterocycles. The fourth-order valence-electron chi connectivity index (χ4n) is 3.28. The Morgan fingerprint density at radius 3 is 2.33 bits per heavy atom. The summed E-state index contributed by atoms with van der Waals surface area (Å²) in [5, 5.41) is 23.1. The van der Waals surface area contributed by atoms with Crippen LogP contribution in [0.1, 0.15) is 32.1 Å². The molecular weight excluding hydrogens is 458 g/mol. The highest BCUT2D eigenvalue weighted by Crippen LogP contribution is 2.19. The third-order valence-corrected chi connectivity index (χ3v) is 5.32. The van der Waals surface area contributed by atoms with E-state index < -0.39 is 60.2 Å². The molecule has 0 radical (unpaired) electrons. The number of carbonyl (C=O) groups is 5. The molecule has 0 spiro atoms. The van der Waals surface area contributed by atoms with Gasteiger partial charge in [0.1, 0.15) is 18.1 Å². The summed E-state index contributed by atoms with van der Waals surface area (Å²) in [6, 6.07) is -4.74. The van der Waals surface area contributed by atoms with E-state index in [2.05, 4.69) is 28.3 Å². The summed E-state index contributed by atoms with van der Waals surface area (Å²) in [4.78, 5) is 65.5. The first-order valence-electron chi connectivity index (χ1n) is 10.3. The molecule has 10 N–H and O–H groups in total. The summed E-state index contributed by atoms with van der Waals surface area (Å²) in [7, 11) is 0. The molecule has 1 fully saturated rings. The van der Waals surface area contributed by atoms with Crippen molar-refractivity contribution in [2.75, 3.05) is 18.8 Å². The number of rotatable bonds is 13. The molecule has 3 amide bonds. The van der Waals surface area contributed by atoms with Crippen molar-refractivity contribution in [3.63, 3.8) is 0 Å². The maximum Gasteiger partial charge on any atom is 0.326 e. The number of hydrogen-bond donors (Lipinski definition) is 8. The predicted octanol–water partition coefficient (Wildman–Crippen LogP) is -3.18. The molecule has 1 rings (SSSR count). The van der Waals surface area contributed by atoms with Crippen LogP contribution in [0.3, 0.4) is 0 Å². The molecule has 0 aromatic heterocycles. The van der Waals surface area contributed by atoms with Gasteiger partial charge >= 0.3 is 11.9 Å². The Balaban J connectivity index is 2.86. The number of nitrogens with two attached hydrogens (primary N) is 3. The number of thiol groups is 1. The van der Waals surface area contributed by atoms with Crippen LogP contribution in [-0.4, -0.2) is 93.7 Å². The van der Waals surface area contributed by atoms with E-state index in [1.807, 2.05) is 0 Å². The number of carbonyl (C=O) groups excluding carboxylic acids is 3. The highest BCUT2D eigenvalue weighted by atomic mass is 32.1. The first-order valence-corrected chi connectivity index (χ1v) is 10.9. The van der Waals surface area contributed by atoms with Crippen LogP contribution in [0.4, 0.5) is 0 Å². The second-order valence-electron chi connectivity index (χ2n) is 7.49. The van der Waals surface area contributed by atoms with E-state index >= 15 is 0 Å². The highest BCUT2D eigenvalue weighted by molar-refractivity contribution is 7.80. The summed E-state index contributed by atoms with van der Waals surface area (Å²) in [6.45, 7) is 0.419. The number of aliphatic imine (C=N–C) groups is 1. The smallest absolute Gasteiger partial charge is 0.326 e. The topological polar surface area (TPSA) is 244 Å². The van der Waals surface area contributed by atoms with Crippen LogP contribution in [-0.2, 0) is 24.0 Å². The number of guanidine groups is 1. The normalized spacial score (nSPS) is 18.0. The lowest BCUT2D eigenvalue weighted by molar-refractivity contribution is -0.144. The third-order valence-electron chi connectivity index (χ3n) is 4.92. The second kappa shape index (κ2) is 13.5. The number of hydrogen-bond acceptors (Lipinski definition) is 8. The average molecular weight is 490 g/mol. The zero-order valence-electron chi connectivity index (χ0n) is 18.0. The lowest BCUT2D eigenvalue weighted by Crippen LogP contribution is -2.57. The maximum atomic E-state index is 12.8. The second-order valence-corrected chi connectivity index (χ2v) is 7.85. The van der Waals surface area contributed by atoms with Crippen molar-refractivity contribution in [3.8, 4) is 0 Å². The molecule has 14 nitrogen and oxygen atoms in total. The molecule has 0 bridgehead atoms. The molecule has 4 atom stereocenters. The molecule has 0 aromatic carbocycles. The van der Waals surface area contributed by atoms with Crippen molar-refractivity contribution in [1.82, 2.24) is 15.5 Å². The van der Waals surface area contributed by atoms with Crippen LogP contribution in [0.15, 0.2) is 4.99 Å². The molecule has 1 saturated heterocycles. The number of likely N-dealkylation sites (tertiary alicyclic amines) is 1. The molecule has 4 unspecified atom stereocenters. The summed E-state index contributed by atoms with van der Waals surface area (Å²) >= 11 is 3.98. The minimum atomic E-state index is -1.55. The standard InChI is InChI=1S/C18H31N7O7S/c19-9(8-33)16(30)25-6-2-4-12(25)15(29)24-11(7-13(26)27)14(28)23-10(17(31)32)3-1-5-22-18(20)21/h9-12,33H,1-8,19H2,(H,23,28)(H,24,29)(H,26,27)(H,31,32)(H4,20,21,22). The summed E-state index contributed by atoms with van der Waals surface area (Å²) < 4.78 is 0. The summed E-state index contributed by atoms with van der Waals surface area (Å²) in [5.41, 5.74) is 16.1. The zero-order chi connectivity index (χ0) is 25.1. The fourth-order valence-corrected chi connectivity index (χ4v) is 3.44. The van der Waals surface area contributed by atoms with Crippen LogP contribution in [0.5, 0.6) is 0 Å². The average Bonchev–Trinajstić information content (AvgIpc) is 3.23. The monoisotopic (exact) mass is 489 g/mol. The van der Waals surface area contributed by atoms with E-state index in [0.29, 0.717) is 12.8 Å². The van der Waals surface area contributed by atoms with Crippen molar-refractivity contribution in [1.29, 1.82) is 0 Å². The molecule has 1 aliphatic rings. The Labute approximate surface area is 195 Å². The molecule has 1 aliphatic heterocycles. The van der Waals surface area contributed by atoms with Gasteiger partial charge in [0, 0.05) is 18.8 Å². The Morgan fingerprint density at radius 2 is 1.79 bits per heavy atom. The number of carboxylic acid groups (broad SMARTS) is 2. The van der Waals surface area contributed by atoms with E-state index in [-0.39, 0.29) is 37.6 Å². The number of amides is 3. The fraction of sp³-hybridized carbons (Fsp3) is 0.667. The number of aliphatic carboxylic acids is 2. The van der Waals surface area contributed by atoms with Crippen molar-refractivity contribution < 1.29 is 34.2 Å². The van der Waals surface area contributed by atoms with Gasteiger partial charge in [-0.15, -0.1) is 0 Å². The Bertz CT molecular complexity index is 775. The number of nitrogens with one attached hydrogen (secondary N) is 2. The van der Waals surface area contributed by atoms with Crippen molar-refractivity contribution in [2.24, 2.45) is 22.2 Å². The van der Waals surface area contributed by atoms with Crippen molar-refractivity contribution >= 4 is 48.2 Å². The lowest BCUT2D eigenvalue weighted by atomic mass is 10.1. The Kier molecular flexibility index (Phi) is 11.4. The van der Waals surface area contributed by atoms with E-state index in [0.717, 1.165) is 0 Å². The van der Waals surface area contributed by atoms with Crippen molar-refractivity contribution in [3.05, 3.63) is 0 Å². The van der Waals surface area contributed by atoms with E-state index in [1.54, 1.807) is 0 Å². The van der Waals surface area contributed by atoms with Crippen LogP contribution in [0.2, 0.25) is 0 Å². The van der Waals surface area contributed by atoms with E-state index in [4.69, 9.17) is 22.3 Å². The van der Waals surface area contributed by atoms with Gasteiger partial charge in [0.2, 0.25) is 17.7 Å². The highest BCUT2D eigenvalue weighted by Gasteiger charge is 2.38. The predicted molar refractivity (Wildman–Crippen MR) is 120 cm³/mol. The van der Waals surface area contributed by atoms with Crippen LogP contribution in [0, 0.1) is 0 Å². The first kappa shape index (κ1) is 28.0. The molecular formula is C18H31N7O7S. The molecule has 0 aromatic rings. The quantitative estimate of drug-likeness (QED) is 0.0557. The maximum absolute atomic E-state index is 12.8. The van der Waals surface area contributed by atoms with Gasteiger partial charge in [-0.1, -0.05) is 0 Å². The molecule has 186 valence electrons. The van der Waals surface area contributed by atoms with Gasteiger partial charge < -0.3 is 42.9 Å². The van der Waals surface area contributed by atoms with Gasteiger partial charge in [-0.3, -0.25) is 24.2 Å². The molecule has 0 aliphatic carbocycles. The molecule has 33 heavy (non-hydrogen) atoms. The molecule has 0 saturated carbocycles. The van der Waals surface area contributed by atoms with Crippen molar-refractivity contribution in [2.45, 2.75) is 56.3 Å². The first-order chi connectivity index (χ1) is 15.5. The Morgan fingerprint density at radius 1 is 1.12 bits per heavy atom. The van der Waals surface area contributed by atoms with Gasteiger partial charge in [0.25, 0.3) is 0 Å². The molecule has 15 heteroatoms. The van der Waals surface area contributed by atoms with Gasteiger partial charge in [0.05, 0.1) is 12.5 Å². The summed E-state index contributed by atoms with van der Waals surface area (Å²) in [5.74, 6) is -5.00. The lowest BCUT2D eigenvalue weighted by Gasteiger charge is -2.28. The van der Waals surface area contributed by atoms with Gasteiger partial charge in [-0.2, -0.15) is 12.6 Å². The van der Waals surface area contributed by atoms with Crippen LogP contribution >= 0.6 is 12.6 Å².